The van der Waals surface area contributed by atoms with Crippen molar-refractivity contribution in [2.24, 2.45) is 12.0 Å². The van der Waals surface area contributed by atoms with Gasteiger partial charge in [0.1, 0.15) is 0 Å². The minimum absolute atomic E-state index is 0. The molecule has 3 heterocycles. The largest absolute Gasteiger partial charge is 0.357 e. The van der Waals surface area contributed by atoms with Gasteiger partial charge in [0.15, 0.2) is 5.96 Å². The number of halogens is 1. The van der Waals surface area contributed by atoms with Gasteiger partial charge in [0.2, 0.25) is 0 Å². The average molecular weight is 505 g/mol. The van der Waals surface area contributed by atoms with Crippen molar-refractivity contribution in [3.8, 4) is 5.69 Å². The van der Waals surface area contributed by atoms with Gasteiger partial charge >= 0.3 is 0 Å². The van der Waals surface area contributed by atoms with Crippen LogP contribution >= 0.6 is 24.0 Å². The fraction of sp³-hybridized carbons (Fsp3) is 0.381. The Morgan fingerprint density at radius 1 is 1.24 bits per heavy atom. The van der Waals surface area contributed by atoms with E-state index in [1.54, 1.807) is 6.20 Å². The van der Waals surface area contributed by atoms with Crippen molar-refractivity contribution < 1.29 is 0 Å². The molecule has 29 heavy (non-hydrogen) atoms. The second-order valence-corrected chi connectivity index (χ2v) is 7.17. The van der Waals surface area contributed by atoms with Crippen LogP contribution < -0.4 is 5.32 Å². The molecule has 0 radical (unpaired) electrons. The quantitative estimate of drug-likeness (QED) is 0.329. The first-order chi connectivity index (χ1) is 13.7. The number of aliphatic imine (C=N–C) groups is 1. The number of nitrogens with zero attached hydrogens (tertiary/aromatic N) is 6. The monoisotopic (exact) mass is 505 g/mol. The number of hydrogen-bond donors (Lipinski definition) is 1. The van der Waals surface area contributed by atoms with Crippen molar-refractivity contribution in [1.82, 2.24) is 29.8 Å². The van der Waals surface area contributed by atoms with Gasteiger partial charge in [-0.1, -0.05) is 12.1 Å². The summed E-state index contributed by atoms with van der Waals surface area (Å²) >= 11 is 0. The number of guanidine groups is 1. The zero-order valence-corrected chi connectivity index (χ0v) is 19.2. The molecule has 1 unspecified atom stereocenters. The molecule has 0 spiro atoms. The SMILES string of the molecule is CCNC(=NCc1ccc(-n2cccn2)cc1)N1CCC(c2cnn(C)c2)C1.I. The number of hydrogen-bond acceptors (Lipinski definition) is 3. The first kappa shape index (κ1) is 21.4. The molecular weight excluding hydrogens is 477 g/mol. The third kappa shape index (κ3) is 5.17. The molecule has 0 aliphatic carbocycles. The molecule has 7 nitrogen and oxygen atoms in total. The van der Waals surface area contributed by atoms with Gasteiger partial charge in [-0.15, -0.1) is 24.0 Å². The highest BCUT2D eigenvalue weighted by Crippen LogP contribution is 2.26. The molecule has 1 atom stereocenters. The lowest BCUT2D eigenvalue weighted by molar-refractivity contribution is 0.486. The van der Waals surface area contributed by atoms with Gasteiger partial charge in [-0.25, -0.2) is 9.67 Å². The summed E-state index contributed by atoms with van der Waals surface area (Å²) in [6.45, 7) is 5.64. The molecule has 3 aromatic rings. The molecule has 0 saturated carbocycles. The van der Waals surface area contributed by atoms with E-state index in [1.807, 2.05) is 34.9 Å². The summed E-state index contributed by atoms with van der Waals surface area (Å²) in [6, 6.07) is 10.3. The summed E-state index contributed by atoms with van der Waals surface area (Å²) < 4.78 is 3.74. The second kappa shape index (κ2) is 9.91. The van der Waals surface area contributed by atoms with Crippen LogP contribution in [-0.4, -0.2) is 50.1 Å². The van der Waals surface area contributed by atoms with Crippen molar-refractivity contribution in [1.29, 1.82) is 0 Å². The molecule has 2 aromatic heterocycles. The maximum atomic E-state index is 4.88. The van der Waals surface area contributed by atoms with Crippen LogP contribution in [0.15, 0.2) is 60.1 Å². The van der Waals surface area contributed by atoms with E-state index in [1.165, 1.54) is 11.1 Å². The third-order valence-electron chi connectivity index (χ3n) is 5.14. The molecule has 4 rings (SSSR count). The van der Waals surface area contributed by atoms with Crippen LogP contribution in [0, 0.1) is 0 Å². The van der Waals surface area contributed by atoms with Crippen molar-refractivity contribution in [2.45, 2.75) is 25.8 Å². The summed E-state index contributed by atoms with van der Waals surface area (Å²) in [5.41, 5.74) is 3.56. The predicted octanol–water partition coefficient (Wildman–Crippen LogP) is 3.18. The van der Waals surface area contributed by atoms with Crippen LogP contribution in [0.4, 0.5) is 0 Å². The van der Waals surface area contributed by atoms with Crippen molar-refractivity contribution in [3.05, 3.63) is 66.2 Å². The number of aryl methyl sites for hydroxylation is 1. The first-order valence-corrected chi connectivity index (χ1v) is 9.83. The summed E-state index contributed by atoms with van der Waals surface area (Å²) in [5.74, 6) is 1.51. The summed E-state index contributed by atoms with van der Waals surface area (Å²) in [7, 11) is 1.97. The number of rotatable bonds is 5. The van der Waals surface area contributed by atoms with Crippen molar-refractivity contribution >= 4 is 29.9 Å². The van der Waals surface area contributed by atoms with E-state index in [0.29, 0.717) is 12.5 Å². The summed E-state index contributed by atoms with van der Waals surface area (Å²) in [5, 5.41) is 12.0. The van der Waals surface area contributed by atoms with E-state index >= 15 is 0 Å². The Hall–Kier alpha value is -2.36. The van der Waals surface area contributed by atoms with Gasteiger partial charge in [0.25, 0.3) is 0 Å². The highest BCUT2D eigenvalue weighted by atomic mass is 127. The molecule has 8 heteroatoms. The van der Waals surface area contributed by atoms with Gasteiger partial charge < -0.3 is 10.2 Å². The normalized spacial score (nSPS) is 16.7. The first-order valence-electron chi connectivity index (χ1n) is 9.83. The number of likely N-dealkylation sites (tertiary alicyclic amines) is 1. The summed E-state index contributed by atoms with van der Waals surface area (Å²) in [4.78, 5) is 7.24. The van der Waals surface area contributed by atoms with Crippen LogP contribution in [0.3, 0.4) is 0 Å². The van der Waals surface area contributed by atoms with Gasteiger partial charge in [0, 0.05) is 51.2 Å². The Morgan fingerprint density at radius 3 is 2.72 bits per heavy atom. The smallest absolute Gasteiger partial charge is 0.194 e. The topological polar surface area (TPSA) is 63.3 Å². The van der Waals surface area contributed by atoms with E-state index in [-0.39, 0.29) is 24.0 Å². The van der Waals surface area contributed by atoms with Crippen LogP contribution in [-0.2, 0) is 13.6 Å². The lowest BCUT2D eigenvalue weighted by Crippen LogP contribution is -2.40. The van der Waals surface area contributed by atoms with Gasteiger partial charge in [-0.2, -0.15) is 10.2 Å². The highest BCUT2D eigenvalue weighted by Gasteiger charge is 2.26. The van der Waals surface area contributed by atoms with Crippen LogP contribution in [0.1, 0.15) is 30.4 Å². The van der Waals surface area contributed by atoms with Crippen LogP contribution in [0.2, 0.25) is 0 Å². The number of nitrogens with one attached hydrogen (secondary N) is 1. The Morgan fingerprint density at radius 2 is 2.07 bits per heavy atom. The Bertz CT molecular complexity index is 915. The minimum Gasteiger partial charge on any atom is -0.357 e. The van der Waals surface area contributed by atoms with E-state index < -0.39 is 0 Å². The standard InChI is InChI=1S/C21H27N7.HI/c1-3-22-21(27-12-9-18(16-27)19-14-25-26(2)15-19)23-13-17-5-7-20(8-6-17)28-11-4-10-24-28;/h4-8,10-11,14-15,18H,3,9,12-13,16H2,1-2H3,(H,22,23);1H. The van der Waals surface area contributed by atoms with Crippen molar-refractivity contribution in [2.75, 3.05) is 19.6 Å². The van der Waals surface area contributed by atoms with E-state index in [2.05, 4.69) is 57.8 Å². The van der Waals surface area contributed by atoms with Crippen molar-refractivity contribution in [3.63, 3.8) is 0 Å². The molecule has 1 saturated heterocycles. The molecule has 0 bridgehead atoms. The Balaban J connectivity index is 0.00000240. The third-order valence-corrected chi connectivity index (χ3v) is 5.14. The average Bonchev–Trinajstić information content (AvgIpc) is 3.46. The molecule has 1 fully saturated rings. The number of aromatic nitrogens is 4. The molecule has 0 amide bonds. The minimum atomic E-state index is 0. The maximum absolute atomic E-state index is 4.88. The Kier molecular flexibility index (Phi) is 7.29. The Labute approximate surface area is 188 Å². The molecule has 1 aliphatic rings. The molecular formula is C21H28IN7. The van der Waals surface area contributed by atoms with E-state index in [0.717, 1.165) is 37.7 Å². The van der Waals surface area contributed by atoms with Gasteiger partial charge in [-0.05, 0) is 42.7 Å². The van der Waals surface area contributed by atoms with E-state index in [4.69, 9.17) is 4.99 Å². The highest BCUT2D eigenvalue weighted by molar-refractivity contribution is 14.0. The fourth-order valence-electron chi connectivity index (χ4n) is 3.64. The summed E-state index contributed by atoms with van der Waals surface area (Å²) in [6.07, 6.45) is 8.98. The number of benzene rings is 1. The molecule has 1 N–H and O–H groups in total. The fourth-order valence-corrected chi connectivity index (χ4v) is 3.64. The van der Waals surface area contributed by atoms with Gasteiger partial charge in [0.05, 0.1) is 18.4 Å². The molecule has 1 aromatic carbocycles. The maximum Gasteiger partial charge on any atom is 0.194 e. The van der Waals surface area contributed by atoms with E-state index in [9.17, 15) is 0 Å². The lowest BCUT2D eigenvalue weighted by Gasteiger charge is -2.21. The zero-order valence-electron chi connectivity index (χ0n) is 16.9. The lowest BCUT2D eigenvalue weighted by atomic mass is 10.0. The molecule has 154 valence electrons. The second-order valence-electron chi connectivity index (χ2n) is 7.17. The zero-order chi connectivity index (χ0) is 19.3. The van der Waals surface area contributed by atoms with Crippen LogP contribution in [0.5, 0.6) is 0 Å². The van der Waals surface area contributed by atoms with Gasteiger partial charge in [-0.3, -0.25) is 4.68 Å². The predicted molar refractivity (Wildman–Crippen MR) is 126 cm³/mol. The molecule has 1 aliphatic heterocycles. The van der Waals surface area contributed by atoms with Crippen LogP contribution in [0.25, 0.3) is 5.69 Å².